The Bertz CT molecular complexity index is 959. The molecule has 1 fully saturated rings. The van der Waals surface area contributed by atoms with E-state index in [0.717, 1.165) is 5.82 Å². The Balaban J connectivity index is 1.56. The van der Waals surface area contributed by atoms with Crippen LogP contribution in [0.3, 0.4) is 0 Å². The number of ether oxygens (including phenoxy) is 1. The molecular formula is C22H24FN5O3. The summed E-state index contributed by atoms with van der Waals surface area (Å²) in [5, 5.41) is 2.77. The van der Waals surface area contributed by atoms with Crippen LogP contribution in [0.4, 0.5) is 10.2 Å². The smallest absolute Gasteiger partial charge is 0.321 e. The predicted octanol–water partition coefficient (Wildman–Crippen LogP) is 1.75. The molecule has 1 saturated heterocycles. The maximum Gasteiger partial charge on any atom is 0.321 e. The monoisotopic (exact) mass is 425 g/mol. The highest BCUT2D eigenvalue weighted by atomic mass is 19.1. The molecule has 0 spiro atoms. The summed E-state index contributed by atoms with van der Waals surface area (Å²) in [5.41, 5.74) is 0.582. The van der Waals surface area contributed by atoms with Crippen LogP contribution in [0, 0.1) is 11.7 Å². The van der Waals surface area contributed by atoms with Crippen LogP contribution in [-0.2, 0) is 14.3 Å². The highest BCUT2D eigenvalue weighted by Gasteiger charge is 2.42. The number of hydrogen-bond acceptors (Lipinski definition) is 7. The van der Waals surface area contributed by atoms with Gasteiger partial charge in [0.05, 0.1) is 6.61 Å². The number of rotatable bonds is 4. The van der Waals surface area contributed by atoms with Gasteiger partial charge in [-0.05, 0) is 36.8 Å². The summed E-state index contributed by atoms with van der Waals surface area (Å²) < 4.78 is 18.5. The molecule has 0 radical (unpaired) electrons. The number of hydrogen-bond donors (Lipinski definition) is 1. The van der Waals surface area contributed by atoms with Gasteiger partial charge in [0.15, 0.2) is 5.92 Å². The van der Waals surface area contributed by atoms with Crippen molar-refractivity contribution in [2.24, 2.45) is 10.9 Å². The fourth-order valence-corrected chi connectivity index (χ4v) is 3.81. The fraction of sp³-hybridized carbons (Fsp3) is 0.364. The number of guanidine groups is 1. The zero-order valence-electron chi connectivity index (χ0n) is 17.2. The minimum absolute atomic E-state index is 0.158. The Labute approximate surface area is 179 Å². The summed E-state index contributed by atoms with van der Waals surface area (Å²) in [6.07, 6.45) is 1.76. The Morgan fingerprint density at radius 2 is 1.84 bits per heavy atom. The van der Waals surface area contributed by atoms with Crippen molar-refractivity contribution in [2.45, 2.75) is 13.0 Å². The molecular weight excluding hydrogens is 401 g/mol. The molecule has 1 N–H and O–H groups in total. The molecule has 2 aromatic rings. The van der Waals surface area contributed by atoms with Crippen LogP contribution in [0.25, 0.3) is 0 Å². The standard InChI is InChI=1S/C22H24FN5O3/c1-2-31-21(30)18-19(15-6-8-16(23)9-7-15)25-22(26-20(18)29)28-13-11-27(12-14-28)17-5-3-4-10-24-17/h3-10,18-19H,2,11-14H2,1H3,(H,25,26,29)/t18-,19+/m0/s1. The summed E-state index contributed by atoms with van der Waals surface area (Å²) in [4.78, 5) is 38.6. The Hall–Kier alpha value is -3.49. The summed E-state index contributed by atoms with van der Waals surface area (Å²) in [5.74, 6) is -1.30. The summed E-state index contributed by atoms with van der Waals surface area (Å²) >= 11 is 0. The molecule has 2 aliphatic heterocycles. The van der Waals surface area contributed by atoms with Gasteiger partial charge in [-0.2, -0.15) is 0 Å². The van der Waals surface area contributed by atoms with Gasteiger partial charge in [0.1, 0.15) is 17.7 Å². The molecule has 0 saturated carbocycles. The fourth-order valence-electron chi connectivity index (χ4n) is 3.81. The number of pyridine rings is 1. The summed E-state index contributed by atoms with van der Waals surface area (Å²) in [6, 6.07) is 10.7. The maximum atomic E-state index is 13.4. The molecule has 8 nitrogen and oxygen atoms in total. The number of halogens is 1. The largest absolute Gasteiger partial charge is 0.465 e. The van der Waals surface area contributed by atoms with Crippen LogP contribution >= 0.6 is 0 Å². The second-order valence-electron chi connectivity index (χ2n) is 7.33. The molecule has 31 heavy (non-hydrogen) atoms. The van der Waals surface area contributed by atoms with Crippen molar-refractivity contribution in [3.63, 3.8) is 0 Å². The topological polar surface area (TPSA) is 87.1 Å². The molecule has 0 unspecified atom stereocenters. The van der Waals surface area contributed by atoms with E-state index in [9.17, 15) is 14.0 Å². The van der Waals surface area contributed by atoms with Gasteiger partial charge < -0.3 is 14.5 Å². The maximum absolute atomic E-state index is 13.4. The van der Waals surface area contributed by atoms with Gasteiger partial charge in [-0.25, -0.2) is 14.4 Å². The van der Waals surface area contributed by atoms with Gasteiger partial charge in [-0.3, -0.25) is 14.9 Å². The van der Waals surface area contributed by atoms with E-state index in [0.29, 0.717) is 37.7 Å². The first kappa shape index (κ1) is 20.8. The number of aromatic nitrogens is 1. The van der Waals surface area contributed by atoms with E-state index >= 15 is 0 Å². The van der Waals surface area contributed by atoms with E-state index in [1.165, 1.54) is 12.1 Å². The lowest BCUT2D eigenvalue weighted by molar-refractivity contribution is -0.153. The van der Waals surface area contributed by atoms with Crippen LogP contribution in [0.2, 0.25) is 0 Å². The van der Waals surface area contributed by atoms with E-state index in [1.807, 2.05) is 23.1 Å². The van der Waals surface area contributed by atoms with Crippen LogP contribution in [-0.4, -0.2) is 60.5 Å². The number of nitrogens with zero attached hydrogens (tertiary/aromatic N) is 4. The van der Waals surface area contributed by atoms with Crippen LogP contribution in [0.5, 0.6) is 0 Å². The molecule has 0 aliphatic carbocycles. The van der Waals surface area contributed by atoms with Crippen LogP contribution in [0.15, 0.2) is 53.7 Å². The molecule has 2 aliphatic rings. The predicted molar refractivity (Wildman–Crippen MR) is 113 cm³/mol. The quantitative estimate of drug-likeness (QED) is 0.593. The normalized spacial score (nSPS) is 21.4. The van der Waals surface area contributed by atoms with E-state index in [4.69, 9.17) is 9.73 Å². The van der Waals surface area contributed by atoms with Crippen molar-refractivity contribution < 1.29 is 18.7 Å². The molecule has 9 heteroatoms. The van der Waals surface area contributed by atoms with Gasteiger partial charge >= 0.3 is 5.97 Å². The lowest BCUT2D eigenvalue weighted by Gasteiger charge is -2.39. The van der Waals surface area contributed by atoms with Crippen molar-refractivity contribution in [3.8, 4) is 0 Å². The van der Waals surface area contributed by atoms with Gasteiger partial charge in [-0.1, -0.05) is 18.2 Å². The molecule has 1 aromatic heterocycles. The van der Waals surface area contributed by atoms with Gasteiger partial charge in [0.2, 0.25) is 11.9 Å². The lowest BCUT2D eigenvalue weighted by atomic mass is 9.91. The van der Waals surface area contributed by atoms with Gasteiger partial charge in [0, 0.05) is 32.4 Å². The average Bonchev–Trinajstić information content (AvgIpc) is 2.80. The van der Waals surface area contributed by atoms with Crippen molar-refractivity contribution >= 4 is 23.7 Å². The molecule has 4 rings (SSSR count). The molecule has 162 valence electrons. The number of piperazine rings is 1. The van der Waals surface area contributed by atoms with E-state index in [1.54, 1.807) is 25.3 Å². The number of esters is 1. The highest BCUT2D eigenvalue weighted by Crippen LogP contribution is 2.31. The lowest BCUT2D eigenvalue weighted by Crippen LogP contribution is -2.57. The number of carbonyl (C=O) groups is 2. The second-order valence-corrected chi connectivity index (χ2v) is 7.33. The average molecular weight is 425 g/mol. The molecule has 0 bridgehead atoms. The Morgan fingerprint density at radius 1 is 1.13 bits per heavy atom. The summed E-state index contributed by atoms with van der Waals surface area (Å²) in [6.45, 7) is 4.54. The number of carbonyl (C=O) groups excluding carboxylic acids is 2. The van der Waals surface area contributed by atoms with Crippen molar-refractivity contribution in [1.82, 2.24) is 15.2 Å². The zero-order valence-corrected chi connectivity index (χ0v) is 17.2. The first-order chi connectivity index (χ1) is 15.1. The van der Waals surface area contributed by atoms with Crippen molar-refractivity contribution in [3.05, 3.63) is 60.0 Å². The minimum Gasteiger partial charge on any atom is -0.465 e. The van der Waals surface area contributed by atoms with Gasteiger partial charge in [-0.15, -0.1) is 0 Å². The van der Waals surface area contributed by atoms with Crippen molar-refractivity contribution in [1.29, 1.82) is 0 Å². The zero-order chi connectivity index (χ0) is 21.8. The van der Waals surface area contributed by atoms with E-state index in [2.05, 4.69) is 15.2 Å². The van der Waals surface area contributed by atoms with Crippen LogP contribution < -0.4 is 10.2 Å². The second kappa shape index (κ2) is 9.11. The third-order valence-corrected chi connectivity index (χ3v) is 5.40. The Morgan fingerprint density at radius 3 is 2.48 bits per heavy atom. The minimum atomic E-state index is -1.12. The SMILES string of the molecule is CCOC(=O)[C@@H]1C(=O)NC(N2CCN(c3ccccn3)CC2)=N[C@@H]1c1ccc(F)cc1. The van der Waals surface area contributed by atoms with Gasteiger partial charge in [0.25, 0.3) is 0 Å². The number of anilines is 1. The number of amides is 1. The Kier molecular flexibility index (Phi) is 6.11. The van der Waals surface area contributed by atoms with E-state index < -0.39 is 29.7 Å². The summed E-state index contributed by atoms with van der Waals surface area (Å²) in [7, 11) is 0. The third-order valence-electron chi connectivity index (χ3n) is 5.40. The third kappa shape index (κ3) is 4.50. The molecule has 1 aromatic carbocycles. The first-order valence-electron chi connectivity index (χ1n) is 10.3. The first-order valence-corrected chi connectivity index (χ1v) is 10.3. The molecule has 2 atom stereocenters. The number of benzene rings is 1. The molecule has 3 heterocycles. The number of nitrogens with one attached hydrogen (secondary N) is 1. The van der Waals surface area contributed by atoms with E-state index in [-0.39, 0.29) is 6.61 Å². The molecule has 1 amide bonds. The van der Waals surface area contributed by atoms with Crippen molar-refractivity contribution in [2.75, 3.05) is 37.7 Å². The number of aliphatic imine (C=N–C) groups is 1. The van der Waals surface area contributed by atoms with Crippen LogP contribution in [0.1, 0.15) is 18.5 Å². The highest BCUT2D eigenvalue weighted by molar-refractivity contribution is 6.08.